The van der Waals surface area contributed by atoms with Gasteiger partial charge in [0.2, 0.25) is 5.88 Å². The van der Waals surface area contributed by atoms with Crippen molar-refractivity contribution >= 4 is 36.0 Å². The third-order valence-corrected chi connectivity index (χ3v) is 5.45. The second-order valence-electron chi connectivity index (χ2n) is 5.31. The van der Waals surface area contributed by atoms with Crippen molar-refractivity contribution in [3.8, 4) is 5.88 Å². The van der Waals surface area contributed by atoms with Crippen LogP contribution in [0.3, 0.4) is 0 Å². The van der Waals surface area contributed by atoms with Gasteiger partial charge in [-0.3, -0.25) is 0 Å². The first-order valence-electron chi connectivity index (χ1n) is 6.33. The molecule has 3 nitrogen and oxygen atoms in total. The van der Waals surface area contributed by atoms with Crippen LogP contribution in [0, 0.1) is 3.57 Å². The lowest BCUT2D eigenvalue weighted by atomic mass is 10.3. The molecule has 0 aliphatic rings. The predicted molar refractivity (Wildman–Crippen MR) is 91.0 cm³/mol. The third-order valence-electron chi connectivity index (χ3n) is 2.69. The highest BCUT2D eigenvalue weighted by atomic mass is 127. The van der Waals surface area contributed by atoms with Crippen LogP contribution < -0.4 is 10.1 Å². The highest BCUT2D eigenvalue weighted by Gasteiger charge is 2.22. The Bertz CT molecular complexity index is 455. The Morgan fingerprint density at radius 1 is 1.37 bits per heavy atom. The molecule has 0 N–H and O–H groups in total. The minimum absolute atomic E-state index is 0.533. The number of hydrogen-bond donors (Lipinski definition) is 0. The van der Waals surface area contributed by atoms with Gasteiger partial charge in [-0.25, -0.2) is 4.98 Å². The largest absolute Gasteiger partial charge is 0.481 e. The van der Waals surface area contributed by atoms with Crippen LogP contribution in [-0.4, -0.2) is 26.8 Å². The van der Waals surface area contributed by atoms with E-state index in [0.29, 0.717) is 19.1 Å². The molecule has 0 saturated carbocycles. The van der Waals surface area contributed by atoms with Gasteiger partial charge in [-0.15, -0.1) is 0 Å². The van der Waals surface area contributed by atoms with Crippen molar-refractivity contribution in [3.05, 3.63) is 27.4 Å². The van der Waals surface area contributed by atoms with Gasteiger partial charge in [0.25, 0.3) is 0 Å². The van der Waals surface area contributed by atoms with Crippen molar-refractivity contribution in [1.82, 2.24) is 4.98 Å². The number of methoxy groups -OCH3 is 1. The Morgan fingerprint density at radius 2 is 2.05 bits per heavy atom. The van der Waals surface area contributed by atoms with Crippen LogP contribution in [0.25, 0.3) is 0 Å². The summed E-state index contributed by atoms with van der Waals surface area (Å²) >= 11 is 2.34. The van der Waals surface area contributed by atoms with Crippen molar-refractivity contribution in [1.29, 1.82) is 0 Å². The minimum atomic E-state index is -1.43. The van der Waals surface area contributed by atoms with E-state index in [0.717, 1.165) is 5.56 Å². The number of allylic oxidation sites excluding steroid dienone is 1. The number of ether oxygens (including phenoxy) is 2. The third kappa shape index (κ3) is 4.89. The van der Waals surface area contributed by atoms with Crippen molar-refractivity contribution < 1.29 is 9.47 Å². The van der Waals surface area contributed by atoms with E-state index in [1.807, 2.05) is 19.1 Å². The molecule has 106 valence electrons. The first-order valence-corrected chi connectivity index (χ1v) is 10.9. The van der Waals surface area contributed by atoms with Gasteiger partial charge in [-0.2, -0.15) is 0 Å². The summed E-state index contributed by atoms with van der Waals surface area (Å²) in [6, 6.07) is 2.17. The molecule has 0 atom stereocenters. The molecule has 1 rings (SSSR count). The fraction of sp³-hybridized carbons (Fsp3) is 0.500. The SMILES string of the molecule is CC=CCOCc1c(I)cc([Si](C)(C)C)nc1OC. The fourth-order valence-electron chi connectivity index (χ4n) is 1.53. The second kappa shape index (κ2) is 7.40. The number of pyridine rings is 1. The molecule has 1 aromatic rings. The molecule has 0 aromatic carbocycles. The van der Waals surface area contributed by atoms with Gasteiger partial charge >= 0.3 is 0 Å². The minimum Gasteiger partial charge on any atom is -0.481 e. The lowest BCUT2D eigenvalue weighted by Gasteiger charge is -2.19. The fourth-order valence-corrected chi connectivity index (χ4v) is 3.52. The van der Waals surface area contributed by atoms with Gasteiger partial charge in [0, 0.05) is 8.89 Å². The number of aromatic nitrogens is 1. The van der Waals surface area contributed by atoms with E-state index in [1.54, 1.807) is 7.11 Å². The van der Waals surface area contributed by atoms with Crippen LogP contribution in [0.5, 0.6) is 5.88 Å². The molecule has 19 heavy (non-hydrogen) atoms. The zero-order valence-electron chi connectivity index (χ0n) is 12.3. The molecule has 0 aliphatic carbocycles. The summed E-state index contributed by atoms with van der Waals surface area (Å²) in [7, 11) is 0.241. The van der Waals surface area contributed by atoms with Crippen molar-refractivity contribution in [2.24, 2.45) is 0 Å². The number of rotatable bonds is 6. The van der Waals surface area contributed by atoms with E-state index in [2.05, 4.69) is 53.3 Å². The molecular formula is C14H22INO2Si. The molecular weight excluding hydrogens is 369 g/mol. The highest BCUT2D eigenvalue weighted by molar-refractivity contribution is 14.1. The molecule has 0 bridgehead atoms. The first kappa shape index (κ1) is 16.7. The Morgan fingerprint density at radius 3 is 2.58 bits per heavy atom. The van der Waals surface area contributed by atoms with E-state index < -0.39 is 8.07 Å². The van der Waals surface area contributed by atoms with Crippen LogP contribution in [-0.2, 0) is 11.3 Å². The van der Waals surface area contributed by atoms with E-state index in [9.17, 15) is 0 Å². The summed E-state index contributed by atoms with van der Waals surface area (Å²) < 4.78 is 12.2. The van der Waals surface area contributed by atoms with Crippen LogP contribution in [0.1, 0.15) is 12.5 Å². The van der Waals surface area contributed by atoms with Crippen LogP contribution >= 0.6 is 22.6 Å². The highest BCUT2D eigenvalue weighted by Crippen LogP contribution is 2.22. The molecule has 1 heterocycles. The smallest absolute Gasteiger partial charge is 0.219 e. The molecule has 0 radical (unpaired) electrons. The summed E-state index contributed by atoms with van der Waals surface area (Å²) in [5.41, 5.74) is 1.04. The summed E-state index contributed by atoms with van der Waals surface area (Å²) in [6.07, 6.45) is 3.97. The Balaban J connectivity index is 2.98. The van der Waals surface area contributed by atoms with E-state index in [-0.39, 0.29) is 0 Å². The average molecular weight is 391 g/mol. The molecule has 0 saturated heterocycles. The standard InChI is InChI=1S/C14H22INO2Si/c1-6-7-8-18-10-11-12(15)9-13(19(3,4)5)16-14(11)17-2/h6-7,9H,8,10H2,1-5H3. The van der Waals surface area contributed by atoms with Crippen LogP contribution in [0.15, 0.2) is 18.2 Å². The summed E-state index contributed by atoms with van der Waals surface area (Å²) in [5.74, 6) is 0.699. The van der Waals surface area contributed by atoms with Crippen molar-refractivity contribution in [2.45, 2.75) is 33.2 Å². The molecule has 0 amide bonds. The van der Waals surface area contributed by atoms with Crippen LogP contribution in [0.4, 0.5) is 0 Å². The zero-order chi connectivity index (χ0) is 14.5. The maximum atomic E-state index is 5.61. The molecule has 0 fully saturated rings. The van der Waals surface area contributed by atoms with E-state index in [1.165, 1.54) is 8.89 Å². The Labute approximate surface area is 130 Å². The van der Waals surface area contributed by atoms with Gasteiger partial charge in [0.1, 0.15) is 8.07 Å². The topological polar surface area (TPSA) is 31.4 Å². The molecule has 5 heteroatoms. The van der Waals surface area contributed by atoms with Crippen LogP contribution in [0.2, 0.25) is 19.6 Å². The summed E-state index contributed by atoms with van der Waals surface area (Å²) in [4.78, 5) is 4.66. The maximum Gasteiger partial charge on any atom is 0.219 e. The van der Waals surface area contributed by atoms with Gasteiger partial charge in [-0.05, 0) is 35.6 Å². The Hall–Kier alpha value is -0.403. The number of hydrogen-bond acceptors (Lipinski definition) is 3. The number of nitrogens with zero attached hydrogens (tertiary/aromatic N) is 1. The molecule has 0 unspecified atom stereocenters. The van der Waals surface area contributed by atoms with E-state index >= 15 is 0 Å². The maximum absolute atomic E-state index is 5.61. The van der Waals surface area contributed by atoms with Gasteiger partial charge < -0.3 is 9.47 Å². The van der Waals surface area contributed by atoms with Gasteiger partial charge in [0.05, 0.1) is 25.9 Å². The first-order chi connectivity index (χ1) is 8.90. The molecule has 1 aromatic heterocycles. The Kier molecular flexibility index (Phi) is 6.48. The summed E-state index contributed by atoms with van der Waals surface area (Å²) in [5, 5.41) is 1.17. The zero-order valence-corrected chi connectivity index (χ0v) is 15.4. The second-order valence-corrected chi connectivity index (χ2v) is 11.5. The predicted octanol–water partition coefficient (Wildman–Crippen LogP) is 3.33. The quantitative estimate of drug-likeness (QED) is 0.323. The molecule has 0 spiro atoms. The lowest BCUT2D eigenvalue weighted by Crippen LogP contribution is -2.40. The normalized spacial score (nSPS) is 12.1. The van der Waals surface area contributed by atoms with E-state index in [4.69, 9.17) is 9.47 Å². The number of halogens is 1. The average Bonchev–Trinajstić information content (AvgIpc) is 2.34. The van der Waals surface area contributed by atoms with Crippen molar-refractivity contribution in [2.75, 3.05) is 13.7 Å². The van der Waals surface area contributed by atoms with Crippen molar-refractivity contribution in [3.63, 3.8) is 0 Å². The monoisotopic (exact) mass is 391 g/mol. The molecule has 0 aliphatic heterocycles. The van der Waals surface area contributed by atoms with Gasteiger partial charge in [0.15, 0.2) is 0 Å². The summed E-state index contributed by atoms with van der Waals surface area (Å²) in [6.45, 7) is 9.99. The lowest BCUT2D eigenvalue weighted by molar-refractivity contribution is 0.145. The van der Waals surface area contributed by atoms with Gasteiger partial charge in [-0.1, -0.05) is 31.8 Å².